The van der Waals surface area contributed by atoms with Gasteiger partial charge < -0.3 is 0 Å². The standard InChI is InChI=1S/C16H13FN4S/c1-18-16-21(20-10-12-4-3-7-19-9-12)15(11-22-16)13-5-2-6-14(17)8-13/h2-11H,1H3/b18-16?,20-10-. The Morgan fingerprint density at radius 1 is 1.27 bits per heavy atom. The Kier molecular flexibility index (Phi) is 4.20. The van der Waals surface area contributed by atoms with E-state index in [1.807, 2.05) is 23.6 Å². The maximum Gasteiger partial charge on any atom is 0.205 e. The SMILES string of the molecule is CN=c1scc(-c2cccc(F)c2)n1/N=C\c1cccnc1. The molecule has 22 heavy (non-hydrogen) atoms. The summed E-state index contributed by atoms with van der Waals surface area (Å²) in [5, 5.41) is 6.37. The lowest BCUT2D eigenvalue weighted by Crippen LogP contribution is -2.11. The highest BCUT2D eigenvalue weighted by Crippen LogP contribution is 2.20. The minimum atomic E-state index is -0.276. The lowest BCUT2D eigenvalue weighted by Gasteiger charge is -2.03. The van der Waals surface area contributed by atoms with Gasteiger partial charge in [0.25, 0.3) is 0 Å². The molecule has 0 aliphatic heterocycles. The molecule has 6 heteroatoms. The molecule has 110 valence electrons. The predicted octanol–water partition coefficient (Wildman–Crippen LogP) is 3.16. The van der Waals surface area contributed by atoms with Crippen molar-refractivity contribution >= 4 is 17.6 Å². The molecule has 0 spiro atoms. The summed E-state index contributed by atoms with van der Waals surface area (Å²) in [4.78, 5) is 8.99. The van der Waals surface area contributed by atoms with Gasteiger partial charge in [-0.1, -0.05) is 18.2 Å². The van der Waals surface area contributed by atoms with Crippen LogP contribution in [0, 0.1) is 5.82 Å². The van der Waals surface area contributed by atoms with Gasteiger partial charge in [-0.2, -0.15) is 5.10 Å². The van der Waals surface area contributed by atoms with Crippen LogP contribution in [0.25, 0.3) is 11.3 Å². The number of benzene rings is 1. The van der Waals surface area contributed by atoms with Gasteiger partial charge >= 0.3 is 0 Å². The normalized spacial score (nSPS) is 12.2. The van der Waals surface area contributed by atoms with Gasteiger partial charge in [0.2, 0.25) is 4.80 Å². The maximum atomic E-state index is 13.4. The monoisotopic (exact) mass is 312 g/mol. The molecular formula is C16H13FN4S. The van der Waals surface area contributed by atoms with Gasteiger partial charge in [0, 0.05) is 35.9 Å². The van der Waals surface area contributed by atoms with Crippen molar-refractivity contribution in [3.8, 4) is 11.3 Å². The highest BCUT2D eigenvalue weighted by molar-refractivity contribution is 7.07. The van der Waals surface area contributed by atoms with Crippen molar-refractivity contribution in [2.75, 3.05) is 7.05 Å². The van der Waals surface area contributed by atoms with E-state index in [1.165, 1.54) is 23.5 Å². The summed E-state index contributed by atoms with van der Waals surface area (Å²) in [6.07, 6.45) is 5.14. The number of hydrogen-bond acceptors (Lipinski definition) is 4. The molecule has 0 atom stereocenters. The third kappa shape index (κ3) is 3.01. The molecule has 0 amide bonds. The average molecular weight is 312 g/mol. The second-order valence-corrected chi connectivity index (χ2v) is 5.32. The third-order valence-electron chi connectivity index (χ3n) is 3.00. The zero-order chi connectivity index (χ0) is 15.4. The molecule has 2 heterocycles. The lowest BCUT2D eigenvalue weighted by molar-refractivity contribution is 0.628. The van der Waals surface area contributed by atoms with Crippen molar-refractivity contribution in [2.24, 2.45) is 10.1 Å². The minimum absolute atomic E-state index is 0.276. The second-order valence-electron chi connectivity index (χ2n) is 4.48. The van der Waals surface area contributed by atoms with E-state index in [9.17, 15) is 4.39 Å². The highest BCUT2D eigenvalue weighted by atomic mass is 32.1. The molecule has 3 aromatic rings. The summed E-state index contributed by atoms with van der Waals surface area (Å²) in [6.45, 7) is 0. The Morgan fingerprint density at radius 2 is 2.18 bits per heavy atom. The fourth-order valence-corrected chi connectivity index (χ4v) is 2.79. The first kappa shape index (κ1) is 14.3. The van der Waals surface area contributed by atoms with Gasteiger partial charge in [0.15, 0.2) is 0 Å². The van der Waals surface area contributed by atoms with Gasteiger partial charge in [-0.15, -0.1) is 11.3 Å². The summed E-state index contributed by atoms with van der Waals surface area (Å²) in [5.74, 6) is -0.276. The smallest absolute Gasteiger partial charge is 0.205 e. The average Bonchev–Trinajstić information content (AvgIpc) is 2.97. The zero-order valence-electron chi connectivity index (χ0n) is 11.8. The summed E-state index contributed by atoms with van der Waals surface area (Å²) in [6, 6.07) is 10.2. The molecule has 1 aromatic carbocycles. The highest BCUT2D eigenvalue weighted by Gasteiger charge is 2.07. The van der Waals surface area contributed by atoms with Gasteiger partial charge in [0.05, 0.1) is 11.9 Å². The van der Waals surface area contributed by atoms with Gasteiger partial charge in [-0.05, 0) is 18.2 Å². The fourth-order valence-electron chi connectivity index (χ4n) is 1.99. The molecule has 0 aliphatic rings. The Morgan fingerprint density at radius 3 is 2.91 bits per heavy atom. The van der Waals surface area contributed by atoms with E-state index in [0.29, 0.717) is 0 Å². The van der Waals surface area contributed by atoms with Crippen LogP contribution in [0.5, 0.6) is 0 Å². The van der Waals surface area contributed by atoms with Crippen molar-refractivity contribution in [1.29, 1.82) is 0 Å². The molecule has 0 saturated heterocycles. The van der Waals surface area contributed by atoms with Gasteiger partial charge in [0.1, 0.15) is 5.82 Å². The van der Waals surface area contributed by atoms with Crippen LogP contribution in [0.15, 0.2) is 64.3 Å². The van der Waals surface area contributed by atoms with E-state index >= 15 is 0 Å². The molecule has 0 N–H and O–H groups in total. The number of halogens is 1. The number of thiazole rings is 1. The number of nitrogens with zero attached hydrogens (tertiary/aromatic N) is 4. The molecule has 0 unspecified atom stereocenters. The Hall–Kier alpha value is -2.60. The van der Waals surface area contributed by atoms with E-state index in [0.717, 1.165) is 21.6 Å². The van der Waals surface area contributed by atoms with Crippen molar-refractivity contribution in [2.45, 2.75) is 0 Å². The number of rotatable bonds is 3. The fraction of sp³-hybridized carbons (Fsp3) is 0.0625. The first-order chi connectivity index (χ1) is 10.8. The minimum Gasteiger partial charge on any atom is -0.264 e. The predicted molar refractivity (Wildman–Crippen MR) is 86.4 cm³/mol. The Bertz CT molecular complexity index is 865. The number of hydrogen-bond donors (Lipinski definition) is 0. The second kappa shape index (κ2) is 6.44. The molecule has 0 fully saturated rings. The van der Waals surface area contributed by atoms with Gasteiger partial charge in [-0.25, -0.2) is 9.07 Å². The van der Waals surface area contributed by atoms with Crippen LogP contribution >= 0.6 is 11.3 Å². The molecule has 0 aliphatic carbocycles. The Labute approximate surface area is 130 Å². The van der Waals surface area contributed by atoms with Crippen molar-refractivity contribution in [1.82, 2.24) is 9.66 Å². The van der Waals surface area contributed by atoms with Crippen LogP contribution in [-0.2, 0) is 0 Å². The van der Waals surface area contributed by atoms with E-state index < -0.39 is 0 Å². The molecule has 0 saturated carbocycles. The quantitative estimate of drug-likeness (QED) is 0.685. The molecule has 4 nitrogen and oxygen atoms in total. The van der Waals surface area contributed by atoms with E-state index in [4.69, 9.17) is 0 Å². The van der Waals surface area contributed by atoms with Crippen LogP contribution in [-0.4, -0.2) is 22.9 Å². The van der Waals surface area contributed by atoms with Crippen LogP contribution in [0.1, 0.15) is 5.56 Å². The summed E-state index contributed by atoms with van der Waals surface area (Å²) in [7, 11) is 1.71. The lowest BCUT2D eigenvalue weighted by atomic mass is 10.2. The van der Waals surface area contributed by atoms with Gasteiger partial charge in [-0.3, -0.25) is 9.98 Å². The van der Waals surface area contributed by atoms with E-state index in [1.54, 1.807) is 36.4 Å². The van der Waals surface area contributed by atoms with Crippen molar-refractivity contribution in [3.63, 3.8) is 0 Å². The maximum absolute atomic E-state index is 13.4. The molecule has 2 aromatic heterocycles. The first-order valence-electron chi connectivity index (χ1n) is 6.61. The van der Waals surface area contributed by atoms with Crippen molar-refractivity contribution < 1.29 is 4.39 Å². The number of pyridine rings is 1. The first-order valence-corrected chi connectivity index (χ1v) is 7.49. The zero-order valence-corrected chi connectivity index (χ0v) is 12.7. The molecule has 3 rings (SSSR count). The molecular weight excluding hydrogens is 299 g/mol. The Balaban J connectivity index is 2.07. The van der Waals surface area contributed by atoms with Crippen LogP contribution < -0.4 is 4.80 Å². The van der Waals surface area contributed by atoms with Crippen LogP contribution in [0.3, 0.4) is 0 Å². The summed E-state index contributed by atoms with van der Waals surface area (Å²) < 4.78 is 15.1. The molecule has 0 radical (unpaired) electrons. The van der Waals surface area contributed by atoms with Crippen LogP contribution in [0.4, 0.5) is 4.39 Å². The van der Waals surface area contributed by atoms with Crippen LogP contribution in [0.2, 0.25) is 0 Å². The topological polar surface area (TPSA) is 42.5 Å². The van der Waals surface area contributed by atoms with E-state index in [2.05, 4.69) is 15.1 Å². The third-order valence-corrected chi connectivity index (χ3v) is 3.91. The number of aromatic nitrogens is 2. The van der Waals surface area contributed by atoms with Crippen molar-refractivity contribution in [3.05, 3.63) is 70.4 Å². The largest absolute Gasteiger partial charge is 0.264 e. The van der Waals surface area contributed by atoms with E-state index in [-0.39, 0.29) is 5.82 Å². The summed E-state index contributed by atoms with van der Waals surface area (Å²) >= 11 is 1.46. The summed E-state index contributed by atoms with van der Waals surface area (Å²) in [5.41, 5.74) is 2.44. The molecule has 0 bridgehead atoms.